The highest BCUT2D eigenvalue weighted by atomic mass is 32.1. The Morgan fingerprint density at radius 2 is 2.26 bits per heavy atom. The number of thiophene rings is 1. The normalized spacial score (nSPS) is 10.4. The number of rotatable bonds is 7. The van der Waals surface area contributed by atoms with Gasteiger partial charge in [0.2, 0.25) is 0 Å². The van der Waals surface area contributed by atoms with E-state index in [-0.39, 0.29) is 0 Å². The van der Waals surface area contributed by atoms with Crippen molar-refractivity contribution in [3.8, 4) is 0 Å². The monoisotopic (exact) mass is 275 g/mol. The number of likely N-dealkylation sites (N-methyl/N-ethyl adjacent to an activating group) is 1. The third-order valence-corrected chi connectivity index (χ3v) is 3.95. The van der Waals surface area contributed by atoms with E-state index >= 15 is 0 Å². The zero-order valence-electron chi connectivity index (χ0n) is 11.6. The summed E-state index contributed by atoms with van der Waals surface area (Å²) in [6, 6.07) is 6.46. The smallest absolute Gasteiger partial charge is 0.0571 e. The largest absolute Gasteiger partial charge is 0.384 e. The molecule has 102 valence electrons. The summed E-state index contributed by atoms with van der Waals surface area (Å²) in [5.74, 6) is 0. The number of hydrogen-bond acceptors (Lipinski definition) is 4. The van der Waals surface area contributed by atoms with Crippen molar-refractivity contribution in [2.24, 2.45) is 0 Å². The van der Waals surface area contributed by atoms with Crippen molar-refractivity contribution in [3.63, 3.8) is 0 Å². The first-order chi connectivity index (χ1) is 9.29. The van der Waals surface area contributed by atoms with E-state index in [2.05, 4.69) is 52.8 Å². The molecule has 0 saturated carbocycles. The van der Waals surface area contributed by atoms with Gasteiger partial charge in [-0.3, -0.25) is 4.98 Å². The van der Waals surface area contributed by atoms with Gasteiger partial charge in [0.05, 0.1) is 23.8 Å². The summed E-state index contributed by atoms with van der Waals surface area (Å²) in [6.45, 7) is 4.17. The van der Waals surface area contributed by atoms with Gasteiger partial charge in [-0.1, -0.05) is 13.0 Å². The highest BCUT2D eigenvalue weighted by Crippen LogP contribution is 2.18. The van der Waals surface area contributed by atoms with Crippen molar-refractivity contribution < 1.29 is 0 Å². The van der Waals surface area contributed by atoms with E-state index in [1.807, 2.05) is 23.7 Å². The molecule has 0 unspecified atom stereocenters. The maximum Gasteiger partial charge on any atom is 0.0571 e. The van der Waals surface area contributed by atoms with Crippen LogP contribution in [0.15, 0.2) is 36.0 Å². The number of hydrogen-bond donors (Lipinski definition) is 1. The topological polar surface area (TPSA) is 28.2 Å². The first kappa shape index (κ1) is 13.9. The molecule has 2 aromatic heterocycles. The van der Waals surface area contributed by atoms with Crippen LogP contribution in [0.1, 0.15) is 18.2 Å². The molecular formula is C15H21N3S. The predicted octanol–water partition coefficient (Wildman–Crippen LogP) is 3.64. The van der Waals surface area contributed by atoms with Crippen molar-refractivity contribution in [1.29, 1.82) is 0 Å². The third kappa shape index (κ3) is 4.24. The summed E-state index contributed by atoms with van der Waals surface area (Å²) in [4.78, 5) is 7.99. The van der Waals surface area contributed by atoms with Crippen LogP contribution in [0.3, 0.4) is 0 Å². The van der Waals surface area contributed by atoms with E-state index in [4.69, 9.17) is 0 Å². The zero-order chi connectivity index (χ0) is 13.5. The van der Waals surface area contributed by atoms with E-state index in [1.165, 1.54) is 4.88 Å². The SMILES string of the molecule is CCCNc1cncc(N(C)CCc2cccs2)c1. The second kappa shape index (κ2) is 7.14. The molecule has 0 fully saturated rings. The maximum atomic E-state index is 4.30. The Morgan fingerprint density at radius 1 is 1.37 bits per heavy atom. The van der Waals surface area contributed by atoms with Crippen LogP contribution in [0.4, 0.5) is 11.4 Å². The number of nitrogens with zero attached hydrogens (tertiary/aromatic N) is 2. The lowest BCUT2D eigenvalue weighted by molar-refractivity contribution is 0.883. The number of aromatic nitrogens is 1. The van der Waals surface area contributed by atoms with Gasteiger partial charge < -0.3 is 10.2 Å². The molecule has 0 amide bonds. The second-order valence-electron chi connectivity index (χ2n) is 4.61. The molecule has 0 spiro atoms. The zero-order valence-corrected chi connectivity index (χ0v) is 12.4. The Hall–Kier alpha value is -1.55. The third-order valence-electron chi connectivity index (χ3n) is 3.02. The highest BCUT2D eigenvalue weighted by molar-refractivity contribution is 7.09. The molecule has 0 bridgehead atoms. The highest BCUT2D eigenvalue weighted by Gasteiger charge is 2.03. The van der Waals surface area contributed by atoms with E-state index in [9.17, 15) is 0 Å². The molecule has 0 atom stereocenters. The maximum absolute atomic E-state index is 4.30. The van der Waals surface area contributed by atoms with Crippen LogP contribution in [-0.4, -0.2) is 25.1 Å². The fourth-order valence-corrected chi connectivity index (χ4v) is 2.56. The van der Waals surface area contributed by atoms with Crippen LogP contribution in [-0.2, 0) is 6.42 Å². The fourth-order valence-electron chi connectivity index (χ4n) is 1.86. The van der Waals surface area contributed by atoms with Crippen molar-refractivity contribution in [1.82, 2.24) is 4.98 Å². The van der Waals surface area contributed by atoms with Gasteiger partial charge >= 0.3 is 0 Å². The molecule has 2 heterocycles. The van der Waals surface area contributed by atoms with Crippen LogP contribution in [0.5, 0.6) is 0 Å². The Labute approximate surface area is 119 Å². The minimum atomic E-state index is 0.990. The van der Waals surface area contributed by atoms with E-state index in [1.54, 1.807) is 0 Å². The quantitative estimate of drug-likeness (QED) is 0.836. The summed E-state index contributed by atoms with van der Waals surface area (Å²) in [6.07, 6.45) is 6.01. The minimum Gasteiger partial charge on any atom is -0.384 e. The minimum absolute atomic E-state index is 0.990. The van der Waals surface area contributed by atoms with Crippen molar-refractivity contribution in [2.45, 2.75) is 19.8 Å². The van der Waals surface area contributed by atoms with Gasteiger partial charge in [0, 0.05) is 25.0 Å². The first-order valence-corrected chi connectivity index (χ1v) is 7.60. The van der Waals surface area contributed by atoms with E-state index in [0.29, 0.717) is 0 Å². The van der Waals surface area contributed by atoms with Gasteiger partial charge in [0.1, 0.15) is 0 Å². The Balaban J connectivity index is 1.92. The lowest BCUT2D eigenvalue weighted by atomic mass is 10.3. The van der Waals surface area contributed by atoms with Gasteiger partial charge in [0.25, 0.3) is 0 Å². The molecule has 0 aromatic carbocycles. The summed E-state index contributed by atoms with van der Waals surface area (Å²) in [5, 5.41) is 5.50. The summed E-state index contributed by atoms with van der Waals surface area (Å²) in [5.41, 5.74) is 2.26. The molecule has 19 heavy (non-hydrogen) atoms. The Bertz CT molecular complexity index is 482. The molecule has 1 N–H and O–H groups in total. The van der Waals surface area contributed by atoms with Crippen LogP contribution in [0.25, 0.3) is 0 Å². The number of nitrogens with one attached hydrogen (secondary N) is 1. The van der Waals surface area contributed by atoms with Crippen molar-refractivity contribution in [3.05, 3.63) is 40.8 Å². The second-order valence-corrected chi connectivity index (χ2v) is 5.64. The average Bonchev–Trinajstić information content (AvgIpc) is 2.96. The summed E-state index contributed by atoms with van der Waals surface area (Å²) in [7, 11) is 2.12. The molecule has 2 rings (SSSR count). The molecule has 2 aromatic rings. The number of pyridine rings is 1. The molecule has 4 heteroatoms. The molecule has 0 aliphatic heterocycles. The summed E-state index contributed by atoms with van der Waals surface area (Å²) < 4.78 is 0. The number of anilines is 2. The Kier molecular flexibility index (Phi) is 5.21. The van der Waals surface area contributed by atoms with Gasteiger partial charge in [-0.15, -0.1) is 11.3 Å². The molecular weight excluding hydrogens is 254 g/mol. The van der Waals surface area contributed by atoms with Gasteiger partial charge in [-0.25, -0.2) is 0 Å². The predicted molar refractivity (Wildman–Crippen MR) is 84.3 cm³/mol. The van der Waals surface area contributed by atoms with Gasteiger partial charge in [0.15, 0.2) is 0 Å². The average molecular weight is 275 g/mol. The molecule has 0 saturated heterocycles. The van der Waals surface area contributed by atoms with Crippen LogP contribution >= 0.6 is 11.3 Å². The first-order valence-electron chi connectivity index (χ1n) is 6.72. The molecule has 0 aliphatic rings. The van der Waals surface area contributed by atoms with E-state index < -0.39 is 0 Å². The Morgan fingerprint density at radius 3 is 3.00 bits per heavy atom. The molecule has 0 aliphatic carbocycles. The lowest BCUT2D eigenvalue weighted by Crippen LogP contribution is -2.20. The van der Waals surface area contributed by atoms with Crippen LogP contribution in [0.2, 0.25) is 0 Å². The van der Waals surface area contributed by atoms with E-state index in [0.717, 1.165) is 37.3 Å². The lowest BCUT2D eigenvalue weighted by Gasteiger charge is -2.19. The fraction of sp³-hybridized carbons (Fsp3) is 0.400. The standard InChI is InChI=1S/C15H21N3S/c1-3-7-17-13-10-14(12-16-11-13)18(2)8-6-15-5-4-9-19-15/h4-5,9-12,17H,3,6-8H2,1-2H3. The van der Waals surface area contributed by atoms with Crippen LogP contribution in [0, 0.1) is 0 Å². The van der Waals surface area contributed by atoms with Gasteiger partial charge in [-0.2, -0.15) is 0 Å². The van der Waals surface area contributed by atoms with Crippen molar-refractivity contribution in [2.75, 3.05) is 30.4 Å². The van der Waals surface area contributed by atoms with Crippen LogP contribution < -0.4 is 10.2 Å². The van der Waals surface area contributed by atoms with Crippen molar-refractivity contribution >= 4 is 22.7 Å². The van der Waals surface area contributed by atoms with Gasteiger partial charge in [-0.05, 0) is 30.4 Å². The molecule has 0 radical (unpaired) electrons. The summed E-state index contributed by atoms with van der Waals surface area (Å²) >= 11 is 1.82. The molecule has 3 nitrogen and oxygen atoms in total.